The van der Waals surface area contributed by atoms with Gasteiger partial charge < -0.3 is 20.2 Å². The Kier molecular flexibility index (Phi) is 5.48. The molecule has 1 unspecified atom stereocenters. The fraction of sp³-hybridized carbons (Fsp3) is 0.304. The zero-order valence-electron chi connectivity index (χ0n) is 17.5. The van der Waals surface area contributed by atoms with Gasteiger partial charge in [-0.1, -0.05) is 11.6 Å². The van der Waals surface area contributed by atoms with Crippen LogP contribution in [0.1, 0.15) is 37.5 Å². The highest BCUT2D eigenvalue weighted by molar-refractivity contribution is 6.31. The number of furan rings is 1. The van der Waals surface area contributed by atoms with E-state index < -0.39 is 11.9 Å². The molecule has 0 amide bonds. The number of nitrogens with one attached hydrogen (secondary N) is 1. The van der Waals surface area contributed by atoms with Gasteiger partial charge >= 0.3 is 0 Å². The van der Waals surface area contributed by atoms with Crippen LogP contribution >= 0.6 is 11.6 Å². The van der Waals surface area contributed by atoms with Gasteiger partial charge in [-0.15, -0.1) is 0 Å². The van der Waals surface area contributed by atoms with Gasteiger partial charge in [0.05, 0.1) is 17.6 Å². The van der Waals surface area contributed by atoms with Crippen LogP contribution in [0.2, 0.25) is 5.02 Å². The van der Waals surface area contributed by atoms with Crippen molar-refractivity contribution in [2.24, 2.45) is 0 Å². The highest BCUT2D eigenvalue weighted by Crippen LogP contribution is 2.40. The lowest BCUT2D eigenvalue weighted by atomic mass is 10.1. The molecule has 1 aliphatic heterocycles. The molecule has 1 saturated heterocycles. The third-order valence-electron chi connectivity index (χ3n) is 5.89. The molecule has 4 heterocycles. The van der Waals surface area contributed by atoms with Crippen LogP contribution in [-0.4, -0.2) is 27.9 Å². The number of anilines is 1. The highest BCUT2D eigenvalue weighted by atomic mass is 35.5. The van der Waals surface area contributed by atoms with Crippen molar-refractivity contribution in [3.63, 3.8) is 0 Å². The molecule has 0 saturated carbocycles. The van der Waals surface area contributed by atoms with Gasteiger partial charge in [-0.05, 0) is 51.1 Å². The zero-order valence-corrected chi connectivity index (χ0v) is 18.3. The molecule has 7 nitrogen and oxygen atoms in total. The first-order valence-electron chi connectivity index (χ1n) is 10.5. The van der Waals surface area contributed by atoms with E-state index in [2.05, 4.69) is 15.4 Å². The number of rotatable bonds is 5. The topological polar surface area (TPSA) is 91.1 Å². The van der Waals surface area contributed by atoms with E-state index in [0.717, 1.165) is 42.4 Å². The minimum absolute atomic E-state index is 0.183. The average Bonchev–Trinajstić information content (AvgIpc) is 3.45. The summed E-state index contributed by atoms with van der Waals surface area (Å²) in [5.41, 5.74) is 8.88. The fourth-order valence-electron chi connectivity index (χ4n) is 4.13. The van der Waals surface area contributed by atoms with E-state index >= 15 is 0 Å². The summed E-state index contributed by atoms with van der Waals surface area (Å²) in [5.74, 6) is 0.0886. The van der Waals surface area contributed by atoms with E-state index in [4.69, 9.17) is 26.5 Å². The molecule has 1 atom stereocenters. The van der Waals surface area contributed by atoms with E-state index in [1.54, 1.807) is 19.4 Å². The molecular weight excluding hydrogens is 433 g/mol. The second kappa shape index (κ2) is 8.44. The average molecular weight is 456 g/mol. The molecule has 0 radical (unpaired) electrons. The summed E-state index contributed by atoms with van der Waals surface area (Å²) >= 11 is 6.24. The summed E-state index contributed by atoms with van der Waals surface area (Å²) < 4.78 is 27.7. The fourth-order valence-corrected chi connectivity index (χ4v) is 4.40. The van der Waals surface area contributed by atoms with Gasteiger partial charge in [-0.3, -0.25) is 4.68 Å². The molecule has 0 aliphatic carbocycles. The van der Waals surface area contributed by atoms with Gasteiger partial charge in [0.1, 0.15) is 18.2 Å². The van der Waals surface area contributed by atoms with Crippen molar-refractivity contribution in [2.75, 3.05) is 18.8 Å². The summed E-state index contributed by atoms with van der Waals surface area (Å²) in [4.78, 5) is 4.30. The number of ether oxygens (including phenoxy) is 1. The van der Waals surface area contributed by atoms with Crippen molar-refractivity contribution < 1.29 is 13.5 Å². The number of aromatic nitrogens is 3. The Morgan fingerprint density at radius 1 is 1.31 bits per heavy atom. The zero-order chi connectivity index (χ0) is 22.2. The van der Waals surface area contributed by atoms with Crippen LogP contribution in [0.3, 0.4) is 0 Å². The number of benzene rings is 1. The minimum Gasteiger partial charge on any atom is -0.478 e. The van der Waals surface area contributed by atoms with Crippen LogP contribution in [0.15, 0.2) is 47.5 Å². The predicted octanol–water partition coefficient (Wildman–Crippen LogP) is 5.13. The summed E-state index contributed by atoms with van der Waals surface area (Å²) in [6.07, 6.45) is 8.71. The van der Waals surface area contributed by atoms with Gasteiger partial charge in [-0.25, -0.2) is 9.37 Å². The predicted molar refractivity (Wildman–Crippen MR) is 121 cm³/mol. The standard InChI is InChI=1S/C23H23ClFN5O2/c1-13(17-8-15(25)2-3-20(17)24)32-22-21-18(10-28-23(22)26)19(12-31-21)14-9-29-30(11-14)16-4-6-27-7-5-16/h2-3,8-13,16,27H,4-7H2,1H3,(H2,26,28). The SMILES string of the molecule is CC(Oc1c(N)ncc2c(-c3cnn(C4CCNCC4)c3)coc12)c1cc(F)ccc1Cl. The first-order chi connectivity index (χ1) is 15.5. The maximum absolute atomic E-state index is 13.7. The first-order valence-corrected chi connectivity index (χ1v) is 10.9. The van der Waals surface area contributed by atoms with Crippen molar-refractivity contribution in [3.05, 3.63) is 59.5 Å². The van der Waals surface area contributed by atoms with E-state index in [9.17, 15) is 4.39 Å². The van der Waals surface area contributed by atoms with Crippen molar-refractivity contribution in [1.29, 1.82) is 0 Å². The summed E-state index contributed by atoms with van der Waals surface area (Å²) in [6, 6.07) is 4.53. The van der Waals surface area contributed by atoms with Gasteiger partial charge in [0, 0.05) is 34.1 Å². The van der Waals surface area contributed by atoms with Crippen LogP contribution in [0.5, 0.6) is 5.75 Å². The van der Waals surface area contributed by atoms with E-state index in [0.29, 0.717) is 28.0 Å². The number of pyridine rings is 1. The van der Waals surface area contributed by atoms with Crippen LogP contribution in [0.25, 0.3) is 22.1 Å². The molecule has 1 fully saturated rings. The molecule has 32 heavy (non-hydrogen) atoms. The second-order valence-electron chi connectivity index (χ2n) is 7.98. The van der Waals surface area contributed by atoms with Crippen molar-refractivity contribution in [1.82, 2.24) is 20.1 Å². The second-order valence-corrected chi connectivity index (χ2v) is 8.39. The van der Waals surface area contributed by atoms with Crippen LogP contribution in [0.4, 0.5) is 10.2 Å². The van der Waals surface area contributed by atoms with Crippen molar-refractivity contribution in [2.45, 2.75) is 31.9 Å². The normalized spacial score (nSPS) is 15.8. The Balaban J connectivity index is 1.48. The number of hydrogen-bond donors (Lipinski definition) is 2. The molecule has 5 rings (SSSR count). The van der Waals surface area contributed by atoms with E-state index in [-0.39, 0.29) is 5.82 Å². The van der Waals surface area contributed by atoms with Crippen LogP contribution in [0, 0.1) is 5.82 Å². The Labute approximate surface area is 189 Å². The molecule has 9 heteroatoms. The van der Waals surface area contributed by atoms with Crippen molar-refractivity contribution in [3.8, 4) is 16.9 Å². The number of fused-ring (bicyclic) bond motifs is 1. The monoisotopic (exact) mass is 455 g/mol. The van der Waals surface area contributed by atoms with Crippen LogP contribution < -0.4 is 15.8 Å². The maximum atomic E-state index is 13.7. The molecule has 3 aromatic heterocycles. The Morgan fingerprint density at radius 2 is 2.12 bits per heavy atom. The first kappa shape index (κ1) is 20.8. The van der Waals surface area contributed by atoms with Gasteiger partial charge in [0.15, 0.2) is 11.4 Å². The molecule has 3 N–H and O–H groups in total. The molecule has 1 aliphatic rings. The Hall–Kier alpha value is -3.10. The maximum Gasteiger partial charge on any atom is 0.205 e. The Bertz CT molecular complexity index is 1260. The summed E-state index contributed by atoms with van der Waals surface area (Å²) in [6.45, 7) is 3.75. The molecule has 0 spiro atoms. The van der Waals surface area contributed by atoms with Crippen molar-refractivity contribution >= 4 is 28.4 Å². The minimum atomic E-state index is -0.566. The smallest absolute Gasteiger partial charge is 0.205 e. The van der Waals surface area contributed by atoms with Gasteiger partial charge in [0.2, 0.25) is 5.75 Å². The quantitative estimate of drug-likeness (QED) is 0.433. The molecule has 0 bridgehead atoms. The lowest BCUT2D eigenvalue weighted by molar-refractivity contribution is 0.227. The van der Waals surface area contributed by atoms with Gasteiger partial charge in [0.25, 0.3) is 0 Å². The third-order valence-corrected chi connectivity index (χ3v) is 6.23. The molecular formula is C23H23ClFN5O2. The van der Waals surface area contributed by atoms with E-state index in [1.807, 2.05) is 17.1 Å². The summed E-state index contributed by atoms with van der Waals surface area (Å²) in [5, 5.41) is 9.10. The number of hydrogen-bond acceptors (Lipinski definition) is 6. The number of piperidine rings is 1. The summed E-state index contributed by atoms with van der Waals surface area (Å²) in [7, 11) is 0. The largest absolute Gasteiger partial charge is 0.478 e. The number of nitrogen functional groups attached to an aromatic ring is 1. The number of halogens is 2. The Morgan fingerprint density at radius 3 is 2.94 bits per heavy atom. The van der Waals surface area contributed by atoms with E-state index in [1.165, 1.54) is 18.2 Å². The highest BCUT2D eigenvalue weighted by Gasteiger charge is 2.22. The van der Waals surface area contributed by atoms with Gasteiger partial charge in [-0.2, -0.15) is 5.10 Å². The number of nitrogens with two attached hydrogens (primary N) is 1. The molecule has 4 aromatic rings. The lowest BCUT2D eigenvalue weighted by Crippen LogP contribution is -2.29. The molecule has 1 aromatic carbocycles. The third kappa shape index (κ3) is 3.80. The molecule has 166 valence electrons. The number of nitrogens with zero attached hydrogens (tertiary/aromatic N) is 3. The lowest BCUT2D eigenvalue weighted by Gasteiger charge is -2.22. The van der Waals surface area contributed by atoms with Crippen LogP contribution in [-0.2, 0) is 0 Å².